The van der Waals surface area contributed by atoms with Gasteiger partial charge in [-0.25, -0.2) is 4.98 Å². The molecule has 1 saturated carbocycles. The molecule has 0 saturated heterocycles. The van der Waals surface area contributed by atoms with Crippen LogP contribution in [0, 0.1) is 0 Å². The molecule has 2 amide bonds. The largest absolute Gasteiger partial charge is 0.487 e. The molecule has 152 valence electrons. The van der Waals surface area contributed by atoms with Crippen molar-refractivity contribution >= 4 is 17.6 Å². The van der Waals surface area contributed by atoms with E-state index in [2.05, 4.69) is 27.6 Å². The maximum atomic E-state index is 12.8. The van der Waals surface area contributed by atoms with Crippen LogP contribution in [-0.4, -0.2) is 41.7 Å². The van der Waals surface area contributed by atoms with E-state index in [-0.39, 0.29) is 23.6 Å². The van der Waals surface area contributed by atoms with Gasteiger partial charge in [-0.15, -0.1) is 0 Å². The van der Waals surface area contributed by atoms with Crippen molar-refractivity contribution in [1.29, 1.82) is 0 Å². The summed E-state index contributed by atoms with van der Waals surface area (Å²) in [5.74, 6) is 0.778. The molecule has 1 aliphatic carbocycles. The van der Waals surface area contributed by atoms with E-state index in [1.54, 1.807) is 31.4 Å². The van der Waals surface area contributed by atoms with Crippen LogP contribution in [0.1, 0.15) is 34.7 Å². The first-order chi connectivity index (χ1) is 14.6. The Morgan fingerprint density at radius 3 is 2.77 bits per heavy atom. The van der Waals surface area contributed by atoms with Gasteiger partial charge in [-0.2, -0.15) is 0 Å². The van der Waals surface area contributed by atoms with Gasteiger partial charge in [0.25, 0.3) is 11.8 Å². The molecule has 2 aromatic heterocycles. The molecule has 3 heterocycles. The van der Waals surface area contributed by atoms with Crippen LogP contribution < -0.4 is 15.0 Å². The van der Waals surface area contributed by atoms with Crippen LogP contribution in [0.3, 0.4) is 0 Å². The standard InChI is InChI=1S/C22H20N4O4/c1-26-19-17(8-5-11-23-19)29-13-16(21(26)28)24-20(27)15-12-18(30-25-15)22(9-10-22)14-6-3-2-4-7-14/h2-8,11-12,16H,9-10,13H2,1H3,(H,24,27). The van der Waals surface area contributed by atoms with Crippen LogP contribution >= 0.6 is 0 Å². The number of aromatic nitrogens is 2. The van der Waals surface area contributed by atoms with Crippen LogP contribution in [-0.2, 0) is 10.2 Å². The summed E-state index contributed by atoms with van der Waals surface area (Å²) >= 11 is 0. The molecule has 0 bridgehead atoms. The topological polar surface area (TPSA) is 97.6 Å². The number of anilines is 1. The highest BCUT2D eigenvalue weighted by Crippen LogP contribution is 2.53. The maximum absolute atomic E-state index is 12.8. The van der Waals surface area contributed by atoms with Gasteiger partial charge in [-0.3, -0.25) is 14.5 Å². The van der Waals surface area contributed by atoms with Crippen LogP contribution in [0.5, 0.6) is 5.75 Å². The second-order valence-corrected chi connectivity index (χ2v) is 7.58. The van der Waals surface area contributed by atoms with E-state index >= 15 is 0 Å². The Morgan fingerprint density at radius 2 is 2.00 bits per heavy atom. The van der Waals surface area contributed by atoms with Crippen molar-refractivity contribution < 1.29 is 18.8 Å². The molecule has 0 spiro atoms. The normalized spacial score (nSPS) is 19.4. The average Bonchev–Trinajstić information content (AvgIpc) is 3.47. The highest BCUT2D eigenvalue weighted by Gasteiger charge is 2.49. The number of rotatable bonds is 4. The van der Waals surface area contributed by atoms with E-state index in [0.29, 0.717) is 17.3 Å². The Morgan fingerprint density at radius 1 is 1.20 bits per heavy atom. The molecule has 1 aliphatic heterocycles. The fourth-order valence-corrected chi connectivity index (χ4v) is 3.83. The number of nitrogens with zero attached hydrogens (tertiary/aromatic N) is 3. The molecular formula is C22H20N4O4. The highest BCUT2D eigenvalue weighted by atomic mass is 16.5. The van der Waals surface area contributed by atoms with Gasteiger partial charge in [-0.05, 0) is 30.5 Å². The van der Waals surface area contributed by atoms with Gasteiger partial charge < -0.3 is 14.6 Å². The lowest BCUT2D eigenvalue weighted by Gasteiger charge is -2.19. The predicted octanol–water partition coefficient (Wildman–Crippen LogP) is 2.30. The average molecular weight is 404 g/mol. The van der Waals surface area contributed by atoms with E-state index in [1.807, 2.05) is 18.2 Å². The van der Waals surface area contributed by atoms with Crippen LogP contribution in [0.4, 0.5) is 5.82 Å². The number of likely N-dealkylation sites (N-methyl/N-ethyl adjacent to an activating group) is 1. The van der Waals surface area contributed by atoms with Crippen molar-refractivity contribution in [2.24, 2.45) is 0 Å². The zero-order valence-corrected chi connectivity index (χ0v) is 16.4. The molecule has 1 aromatic carbocycles. The van der Waals surface area contributed by atoms with Gasteiger partial charge in [0.05, 0.1) is 5.41 Å². The second-order valence-electron chi connectivity index (χ2n) is 7.58. The molecule has 5 rings (SSSR count). The van der Waals surface area contributed by atoms with Crippen molar-refractivity contribution in [3.05, 3.63) is 71.7 Å². The monoisotopic (exact) mass is 404 g/mol. The summed E-state index contributed by atoms with van der Waals surface area (Å²) in [7, 11) is 1.60. The van der Waals surface area contributed by atoms with E-state index in [4.69, 9.17) is 9.26 Å². The van der Waals surface area contributed by atoms with Crippen molar-refractivity contribution in [2.45, 2.75) is 24.3 Å². The first-order valence-electron chi connectivity index (χ1n) is 9.77. The van der Waals surface area contributed by atoms with Crippen LogP contribution in [0.15, 0.2) is 59.3 Å². The minimum absolute atomic E-state index is 0.00622. The number of ether oxygens (including phenoxy) is 1. The Bertz CT molecular complexity index is 1110. The summed E-state index contributed by atoms with van der Waals surface area (Å²) in [6.45, 7) is 0.00622. The number of hydrogen-bond acceptors (Lipinski definition) is 6. The van der Waals surface area contributed by atoms with Gasteiger partial charge in [0.2, 0.25) is 0 Å². The first kappa shape index (κ1) is 18.4. The quantitative estimate of drug-likeness (QED) is 0.717. The third kappa shape index (κ3) is 3.01. The number of carbonyl (C=O) groups is 2. The van der Waals surface area contributed by atoms with Crippen molar-refractivity contribution in [3.63, 3.8) is 0 Å². The Hall–Kier alpha value is -3.68. The van der Waals surface area contributed by atoms with Gasteiger partial charge in [0, 0.05) is 19.3 Å². The molecule has 1 unspecified atom stereocenters. The van der Waals surface area contributed by atoms with Crippen molar-refractivity contribution in [3.8, 4) is 5.75 Å². The lowest BCUT2D eigenvalue weighted by molar-refractivity contribution is -0.120. The molecule has 3 aromatic rings. The number of amides is 2. The Balaban J connectivity index is 1.33. The number of carbonyl (C=O) groups excluding carboxylic acids is 2. The molecule has 1 fully saturated rings. The lowest BCUT2D eigenvalue weighted by Crippen LogP contribution is -2.49. The minimum atomic E-state index is -0.860. The molecule has 2 aliphatic rings. The van der Waals surface area contributed by atoms with Crippen molar-refractivity contribution in [1.82, 2.24) is 15.5 Å². The second kappa shape index (κ2) is 6.98. The molecule has 1 atom stereocenters. The third-order valence-electron chi connectivity index (χ3n) is 5.70. The molecule has 0 radical (unpaired) electrons. The highest BCUT2D eigenvalue weighted by molar-refractivity contribution is 6.02. The Labute approximate surface area is 172 Å². The summed E-state index contributed by atoms with van der Waals surface area (Å²) in [5, 5.41) is 6.66. The summed E-state index contributed by atoms with van der Waals surface area (Å²) in [6.07, 6.45) is 3.47. The zero-order chi connectivity index (χ0) is 20.7. The summed E-state index contributed by atoms with van der Waals surface area (Å²) in [4.78, 5) is 31.1. The predicted molar refractivity (Wildman–Crippen MR) is 107 cm³/mol. The van der Waals surface area contributed by atoms with Crippen LogP contribution in [0.2, 0.25) is 0 Å². The summed E-state index contributed by atoms with van der Waals surface area (Å²) < 4.78 is 11.2. The first-order valence-corrected chi connectivity index (χ1v) is 9.77. The smallest absolute Gasteiger partial charge is 0.274 e. The van der Waals surface area contributed by atoms with Gasteiger partial charge in [0.1, 0.15) is 18.4 Å². The SMILES string of the molecule is CN1C(=O)C(NC(=O)c2cc(C3(c4ccccc4)CC3)on2)COc2cccnc21. The van der Waals surface area contributed by atoms with E-state index < -0.39 is 11.9 Å². The van der Waals surface area contributed by atoms with Gasteiger partial charge in [0.15, 0.2) is 17.3 Å². The molecule has 1 N–H and O–H groups in total. The third-order valence-corrected chi connectivity index (χ3v) is 5.70. The number of hydrogen-bond donors (Lipinski definition) is 1. The van der Waals surface area contributed by atoms with E-state index in [0.717, 1.165) is 18.4 Å². The fraction of sp³-hybridized carbons (Fsp3) is 0.273. The number of pyridine rings is 1. The zero-order valence-electron chi connectivity index (χ0n) is 16.4. The Kier molecular flexibility index (Phi) is 4.27. The molecule has 8 nitrogen and oxygen atoms in total. The number of fused-ring (bicyclic) bond motifs is 1. The lowest BCUT2D eigenvalue weighted by atomic mass is 9.93. The van der Waals surface area contributed by atoms with E-state index in [1.165, 1.54) is 4.90 Å². The minimum Gasteiger partial charge on any atom is -0.487 e. The van der Waals surface area contributed by atoms with Crippen LogP contribution in [0.25, 0.3) is 0 Å². The van der Waals surface area contributed by atoms with E-state index in [9.17, 15) is 9.59 Å². The summed E-state index contributed by atoms with van der Waals surface area (Å²) in [5.41, 5.74) is 1.07. The number of nitrogens with one attached hydrogen (secondary N) is 1. The van der Waals surface area contributed by atoms with Crippen molar-refractivity contribution in [2.75, 3.05) is 18.6 Å². The number of benzene rings is 1. The summed E-state index contributed by atoms with van der Waals surface area (Å²) in [6, 6.07) is 14.3. The molecule has 30 heavy (non-hydrogen) atoms. The molecular weight excluding hydrogens is 384 g/mol. The fourth-order valence-electron chi connectivity index (χ4n) is 3.83. The van der Waals surface area contributed by atoms with Gasteiger partial charge >= 0.3 is 0 Å². The maximum Gasteiger partial charge on any atom is 0.274 e. The van der Waals surface area contributed by atoms with Gasteiger partial charge in [-0.1, -0.05) is 35.5 Å². The molecule has 8 heteroatoms.